The Kier molecular flexibility index (Phi) is 4.62. The van der Waals surface area contributed by atoms with E-state index in [0.29, 0.717) is 13.0 Å². The molecule has 1 aliphatic rings. The Bertz CT molecular complexity index is 479. The topological polar surface area (TPSA) is 59.6 Å². The van der Waals surface area contributed by atoms with Crippen molar-refractivity contribution < 1.29 is 14.3 Å². The van der Waals surface area contributed by atoms with Crippen LogP contribution < -0.4 is 15.6 Å². The summed E-state index contributed by atoms with van der Waals surface area (Å²) >= 11 is 0. The van der Waals surface area contributed by atoms with E-state index in [1.54, 1.807) is 0 Å². The van der Waals surface area contributed by atoms with Crippen LogP contribution in [0.25, 0.3) is 0 Å². The molecule has 1 heterocycles. The van der Waals surface area contributed by atoms with E-state index in [9.17, 15) is 4.79 Å². The first-order chi connectivity index (χ1) is 9.56. The number of hydrogen-bond donors (Lipinski definition) is 2. The first-order valence-corrected chi connectivity index (χ1v) is 6.89. The molecule has 110 valence electrons. The average molecular weight is 278 g/mol. The molecule has 1 fully saturated rings. The summed E-state index contributed by atoms with van der Waals surface area (Å²) in [5.41, 5.74) is 9.52. The first kappa shape index (κ1) is 14.8. The molecule has 0 spiro atoms. The van der Waals surface area contributed by atoms with E-state index in [-0.39, 0.29) is 18.1 Å². The molecule has 0 amide bonds. The molecule has 0 aromatic heterocycles. The van der Waals surface area contributed by atoms with Crippen LogP contribution >= 0.6 is 0 Å². The quantitative estimate of drug-likeness (QED) is 0.822. The van der Waals surface area contributed by atoms with Crippen LogP contribution in [-0.2, 0) is 9.53 Å². The monoisotopic (exact) mass is 278 g/mol. The molecule has 0 radical (unpaired) electrons. The molecule has 0 saturated carbocycles. The van der Waals surface area contributed by atoms with Crippen LogP contribution in [0.15, 0.2) is 12.1 Å². The van der Waals surface area contributed by atoms with Gasteiger partial charge in [0.15, 0.2) is 0 Å². The Morgan fingerprint density at radius 2 is 1.95 bits per heavy atom. The summed E-state index contributed by atoms with van der Waals surface area (Å²) in [7, 11) is 1.41. The standard InChI is InChI=1S/C15H22N2O3/c1-5-20-14-9(2)6-11(7-10(14)3)12-8-13(17-16-12)15(18)19-4/h6-7,12-13,16-17H,5,8H2,1-4H3. The summed E-state index contributed by atoms with van der Waals surface area (Å²) in [5.74, 6) is 0.714. The van der Waals surface area contributed by atoms with Gasteiger partial charge in [0.25, 0.3) is 0 Å². The molecule has 20 heavy (non-hydrogen) atoms. The Labute approximate surface area is 119 Å². The van der Waals surface area contributed by atoms with Gasteiger partial charge in [-0.2, -0.15) is 0 Å². The van der Waals surface area contributed by atoms with Gasteiger partial charge < -0.3 is 9.47 Å². The number of ether oxygens (including phenoxy) is 2. The lowest BCUT2D eigenvalue weighted by Gasteiger charge is -2.16. The van der Waals surface area contributed by atoms with Crippen LogP contribution in [-0.4, -0.2) is 25.7 Å². The van der Waals surface area contributed by atoms with Crippen molar-refractivity contribution in [1.82, 2.24) is 10.9 Å². The van der Waals surface area contributed by atoms with Crippen LogP contribution in [0.3, 0.4) is 0 Å². The molecule has 2 atom stereocenters. The van der Waals surface area contributed by atoms with Crippen molar-refractivity contribution in [2.24, 2.45) is 0 Å². The summed E-state index contributed by atoms with van der Waals surface area (Å²) in [6.45, 7) is 6.73. The summed E-state index contributed by atoms with van der Waals surface area (Å²) in [6, 6.07) is 4.03. The maximum Gasteiger partial charge on any atom is 0.324 e. The minimum Gasteiger partial charge on any atom is -0.493 e. The van der Waals surface area contributed by atoms with Crippen LogP contribution in [0.5, 0.6) is 5.75 Å². The highest BCUT2D eigenvalue weighted by molar-refractivity contribution is 5.76. The normalized spacial score (nSPS) is 21.8. The minimum atomic E-state index is -0.294. The predicted molar refractivity (Wildman–Crippen MR) is 76.5 cm³/mol. The lowest BCUT2D eigenvalue weighted by atomic mass is 9.97. The number of benzene rings is 1. The second-order valence-electron chi connectivity index (χ2n) is 5.07. The van der Waals surface area contributed by atoms with Crippen molar-refractivity contribution in [1.29, 1.82) is 0 Å². The Balaban J connectivity index is 2.17. The minimum absolute atomic E-state index is 0.104. The average Bonchev–Trinajstić information content (AvgIpc) is 2.91. The van der Waals surface area contributed by atoms with Crippen molar-refractivity contribution in [3.8, 4) is 5.75 Å². The zero-order valence-electron chi connectivity index (χ0n) is 12.4. The van der Waals surface area contributed by atoms with Crippen molar-refractivity contribution in [3.05, 3.63) is 28.8 Å². The number of carbonyl (C=O) groups excluding carboxylic acids is 1. The second kappa shape index (κ2) is 6.24. The molecule has 0 bridgehead atoms. The fourth-order valence-corrected chi connectivity index (χ4v) is 2.63. The van der Waals surface area contributed by atoms with E-state index in [4.69, 9.17) is 9.47 Å². The fourth-order valence-electron chi connectivity index (χ4n) is 2.63. The molecule has 5 heteroatoms. The Morgan fingerprint density at radius 3 is 2.50 bits per heavy atom. The van der Waals surface area contributed by atoms with E-state index in [1.807, 2.05) is 20.8 Å². The van der Waals surface area contributed by atoms with Crippen molar-refractivity contribution in [2.45, 2.75) is 39.3 Å². The number of aryl methyl sites for hydroxylation is 2. The van der Waals surface area contributed by atoms with Crippen LogP contribution in [0.2, 0.25) is 0 Å². The molecule has 2 rings (SSSR count). The van der Waals surface area contributed by atoms with E-state index < -0.39 is 0 Å². The van der Waals surface area contributed by atoms with Gasteiger partial charge >= 0.3 is 5.97 Å². The van der Waals surface area contributed by atoms with E-state index in [1.165, 1.54) is 7.11 Å². The molecule has 2 N–H and O–H groups in total. The van der Waals surface area contributed by atoms with E-state index in [0.717, 1.165) is 22.4 Å². The van der Waals surface area contributed by atoms with E-state index in [2.05, 4.69) is 23.0 Å². The van der Waals surface area contributed by atoms with Gasteiger partial charge in [-0.05, 0) is 43.9 Å². The molecule has 1 aromatic carbocycles. The lowest BCUT2D eigenvalue weighted by Crippen LogP contribution is -2.36. The van der Waals surface area contributed by atoms with Gasteiger partial charge in [0.1, 0.15) is 11.8 Å². The van der Waals surface area contributed by atoms with E-state index >= 15 is 0 Å². The molecule has 1 aromatic rings. The maximum atomic E-state index is 11.5. The first-order valence-electron chi connectivity index (χ1n) is 6.89. The fraction of sp³-hybridized carbons (Fsp3) is 0.533. The second-order valence-corrected chi connectivity index (χ2v) is 5.07. The lowest BCUT2D eigenvalue weighted by molar-refractivity contribution is -0.142. The molecular formula is C15H22N2O3. The summed E-state index contributed by atoms with van der Waals surface area (Å²) in [6.07, 6.45) is 0.680. The third kappa shape index (κ3) is 2.94. The number of hydrazine groups is 1. The van der Waals surface area contributed by atoms with Crippen LogP contribution in [0.4, 0.5) is 0 Å². The number of esters is 1. The molecule has 1 saturated heterocycles. The SMILES string of the molecule is CCOc1c(C)cc(C2CC(C(=O)OC)NN2)cc1C. The number of hydrogen-bond acceptors (Lipinski definition) is 5. The molecule has 1 aliphatic heterocycles. The zero-order chi connectivity index (χ0) is 14.7. The highest BCUT2D eigenvalue weighted by Gasteiger charge is 2.31. The molecule has 0 aliphatic carbocycles. The molecular weight excluding hydrogens is 256 g/mol. The summed E-state index contributed by atoms with van der Waals surface area (Å²) in [4.78, 5) is 11.5. The molecule has 2 unspecified atom stereocenters. The number of rotatable bonds is 4. The van der Waals surface area contributed by atoms with Crippen LogP contribution in [0.1, 0.15) is 36.1 Å². The van der Waals surface area contributed by atoms with Gasteiger partial charge in [0, 0.05) is 6.04 Å². The Morgan fingerprint density at radius 1 is 1.30 bits per heavy atom. The maximum absolute atomic E-state index is 11.5. The predicted octanol–water partition coefficient (Wildman–Crippen LogP) is 1.78. The summed E-state index contributed by atoms with van der Waals surface area (Å²) < 4.78 is 10.4. The third-order valence-corrected chi connectivity index (χ3v) is 3.56. The number of nitrogens with one attached hydrogen (secondary N) is 2. The number of methoxy groups -OCH3 is 1. The summed E-state index contributed by atoms with van der Waals surface area (Å²) in [5, 5.41) is 0. The highest BCUT2D eigenvalue weighted by atomic mass is 16.5. The van der Waals surface area contributed by atoms with Gasteiger partial charge in [-0.1, -0.05) is 12.1 Å². The van der Waals surface area contributed by atoms with Crippen molar-refractivity contribution >= 4 is 5.97 Å². The van der Waals surface area contributed by atoms with Gasteiger partial charge in [0.2, 0.25) is 0 Å². The van der Waals surface area contributed by atoms with Gasteiger partial charge in [-0.15, -0.1) is 0 Å². The number of carbonyl (C=O) groups is 1. The third-order valence-electron chi connectivity index (χ3n) is 3.56. The van der Waals surface area contributed by atoms with Crippen molar-refractivity contribution in [3.63, 3.8) is 0 Å². The molecule has 5 nitrogen and oxygen atoms in total. The van der Waals surface area contributed by atoms with Gasteiger partial charge in [-0.3, -0.25) is 4.79 Å². The van der Waals surface area contributed by atoms with Gasteiger partial charge in [-0.25, -0.2) is 10.9 Å². The van der Waals surface area contributed by atoms with Crippen LogP contribution in [0, 0.1) is 13.8 Å². The van der Waals surface area contributed by atoms with Crippen molar-refractivity contribution in [2.75, 3.05) is 13.7 Å². The largest absolute Gasteiger partial charge is 0.493 e. The Hall–Kier alpha value is -1.59. The smallest absolute Gasteiger partial charge is 0.324 e. The highest BCUT2D eigenvalue weighted by Crippen LogP contribution is 2.30. The zero-order valence-corrected chi connectivity index (χ0v) is 12.4. The van der Waals surface area contributed by atoms with Gasteiger partial charge in [0.05, 0.1) is 13.7 Å².